The van der Waals surface area contributed by atoms with Gasteiger partial charge in [-0.2, -0.15) is 4.31 Å². The van der Waals surface area contributed by atoms with E-state index in [0.29, 0.717) is 36.2 Å². The predicted molar refractivity (Wildman–Crippen MR) is 104 cm³/mol. The summed E-state index contributed by atoms with van der Waals surface area (Å²) in [5.74, 6) is 0.153. The first kappa shape index (κ1) is 18.4. The second-order valence-corrected chi connectivity index (χ2v) is 9.40. The summed E-state index contributed by atoms with van der Waals surface area (Å²) in [6.07, 6.45) is 5.02. The van der Waals surface area contributed by atoms with E-state index in [2.05, 4.69) is 4.98 Å². The van der Waals surface area contributed by atoms with Gasteiger partial charge < -0.3 is 4.90 Å². The minimum absolute atomic E-state index is 0.0500. The number of rotatable bonds is 3. The van der Waals surface area contributed by atoms with Crippen molar-refractivity contribution >= 4 is 26.8 Å². The van der Waals surface area contributed by atoms with Gasteiger partial charge in [-0.05, 0) is 56.4 Å². The summed E-state index contributed by atoms with van der Waals surface area (Å²) >= 11 is 0. The number of hydrogen-bond acceptors (Lipinski definition) is 4. The fourth-order valence-electron chi connectivity index (χ4n) is 4.19. The molecule has 0 saturated carbocycles. The quantitative estimate of drug-likeness (QED) is 0.812. The Bertz CT molecular complexity index is 960. The standard InChI is InChI=1S/C20H25N3O3S/c1-15-6-7-18(17-5-4-10-21-19(15)17)27(25,26)23-13-8-16(9-14-23)20(24)22-11-2-3-12-22/h4-7,10,16H,2-3,8-9,11-14H2,1H3. The van der Waals surface area contributed by atoms with Crippen LogP contribution in [0.4, 0.5) is 0 Å². The molecule has 2 fully saturated rings. The monoisotopic (exact) mass is 387 g/mol. The Hall–Kier alpha value is -1.99. The van der Waals surface area contributed by atoms with Crippen LogP contribution in [0.25, 0.3) is 10.9 Å². The highest BCUT2D eigenvalue weighted by Gasteiger charge is 2.35. The van der Waals surface area contributed by atoms with Gasteiger partial charge in [0.2, 0.25) is 15.9 Å². The SMILES string of the molecule is Cc1ccc(S(=O)(=O)N2CCC(C(=O)N3CCCC3)CC2)c2cccnc12. The van der Waals surface area contributed by atoms with Crippen LogP contribution in [0.1, 0.15) is 31.2 Å². The molecule has 0 radical (unpaired) electrons. The van der Waals surface area contributed by atoms with Crippen LogP contribution >= 0.6 is 0 Å². The third-order valence-corrected chi connectivity index (χ3v) is 7.73. The number of likely N-dealkylation sites (tertiary alicyclic amines) is 1. The molecule has 7 heteroatoms. The predicted octanol–water partition coefficient (Wildman–Crippen LogP) is 2.57. The average molecular weight is 388 g/mol. The van der Waals surface area contributed by atoms with Crippen molar-refractivity contribution in [1.82, 2.24) is 14.2 Å². The molecule has 0 aliphatic carbocycles. The van der Waals surface area contributed by atoms with Crippen molar-refractivity contribution in [3.05, 3.63) is 36.0 Å². The Morgan fingerprint density at radius 3 is 2.48 bits per heavy atom. The molecular weight excluding hydrogens is 362 g/mol. The minimum atomic E-state index is -3.61. The van der Waals surface area contributed by atoms with Crippen molar-refractivity contribution in [3.63, 3.8) is 0 Å². The van der Waals surface area contributed by atoms with Crippen molar-refractivity contribution < 1.29 is 13.2 Å². The lowest BCUT2D eigenvalue weighted by Crippen LogP contribution is -2.43. The van der Waals surface area contributed by atoms with Gasteiger partial charge >= 0.3 is 0 Å². The van der Waals surface area contributed by atoms with Crippen molar-refractivity contribution in [2.24, 2.45) is 5.92 Å². The molecule has 3 heterocycles. The van der Waals surface area contributed by atoms with Crippen molar-refractivity contribution in [2.75, 3.05) is 26.2 Å². The minimum Gasteiger partial charge on any atom is -0.342 e. The van der Waals surface area contributed by atoms with E-state index < -0.39 is 10.0 Å². The van der Waals surface area contributed by atoms with Crippen LogP contribution in [-0.4, -0.2) is 54.7 Å². The van der Waals surface area contributed by atoms with E-state index in [-0.39, 0.29) is 11.8 Å². The zero-order chi connectivity index (χ0) is 19.0. The molecule has 1 amide bonds. The lowest BCUT2D eigenvalue weighted by Gasteiger charge is -2.32. The molecule has 2 aliphatic rings. The van der Waals surface area contributed by atoms with Gasteiger partial charge in [0.25, 0.3) is 0 Å². The number of amides is 1. The smallest absolute Gasteiger partial charge is 0.243 e. The highest BCUT2D eigenvalue weighted by molar-refractivity contribution is 7.89. The molecule has 144 valence electrons. The molecule has 2 saturated heterocycles. The summed E-state index contributed by atoms with van der Waals surface area (Å²) in [6, 6.07) is 7.07. The molecule has 4 rings (SSSR count). The molecule has 0 spiro atoms. The first-order valence-electron chi connectivity index (χ1n) is 9.62. The lowest BCUT2D eigenvalue weighted by atomic mass is 9.97. The summed E-state index contributed by atoms with van der Waals surface area (Å²) in [5, 5.41) is 0.660. The molecule has 2 aromatic rings. The highest BCUT2D eigenvalue weighted by atomic mass is 32.2. The molecule has 0 atom stereocenters. The van der Waals surface area contributed by atoms with E-state index >= 15 is 0 Å². The normalized spacial score (nSPS) is 19.7. The van der Waals surface area contributed by atoms with E-state index in [1.165, 1.54) is 4.31 Å². The third kappa shape index (κ3) is 3.34. The molecule has 27 heavy (non-hydrogen) atoms. The average Bonchev–Trinajstić information content (AvgIpc) is 3.22. The summed E-state index contributed by atoms with van der Waals surface area (Å²) < 4.78 is 28.0. The first-order chi connectivity index (χ1) is 13.0. The maximum absolute atomic E-state index is 13.2. The number of piperidine rings is 1. The maximum atomic E-state index is 13.2. The number of aromatic nitrogens is 1. The van der Waals surface area contributed by atoms with Gasteiger partial charge in [-0.1, -0.05) is 6.07 Å². The third-order valence-electron chi connectivity index (χ3n) is 5.77. The van der Waals surface area contributed by atoms with Crippen LogP contribution < -0.4 is 0 Å². The molecule has 0 bridgehead atoms. The largest absolute Gasteiger partial charge is 0.342 e. The fourth-order valence-corrected chi connectivity index (χ4v) is 5.84. The number of pyridine rings is 1. The van der Waals surface area contributed by atoms with Crippen molar-refractivity contribution in [2.45, 2.75) is 37.5 Å². The van der Waals surface area contributed by atoms with Gasteiger partial charge in [0.15, 0.2) is 0 Å². The van der Waals surface area contributed by atoms with Gasteiger partial charge in [-0.3, -0.25) is 9.78 Å². The van der Waals surface area contributed by atoms with E-state index in [1.54, 1.807) is 18.3 Å². The maximum Gasteiger partial charge on any atom is 0.243 e. The Morgan fingerprint density at radius 2 is 1.78 bits per heavy atom. The number of benzene rings is 1. The van der Waals surface area contributed by atoms with Crippen LogP contribution in [0, 0.1) is 12.8 Å². The van der Waals surface area contributed by atoms with Crippen molar-refractivity contribution in [1.29, 1.82) is 0 Å². The van der Waals surface area contributed by atoms with Crippen LogP contribution in [0.2, 0.25) is 0 Å². The molecular formula is C20H25N3O3S. The molecule has 1 aromatic carbocycles. The first-order valence-corrected chi connectivity index (χ1v) is 11.1. The second-order valence-electron chi connectivity index (χ2n) is 7.49. The van der Waals surface area contributed by atoms with Gasteiger partial charge in [0.05, 0.1) is 10.4 Å². The highest BCUT2D eigenvalue weighted by Crippen LogP contribution is 2.30. The Kier molecular flexibility index (Phi) is 4.90. The van der Waals surface area contributed by atoms with Crippen LogP contribution in [0.3, 0.4) is 0 Å². The number of carbonyl (C=O) groups is 1. The van der Waals surface area contributed by atoms with Crippen LogP contribution in [0.15, 0.2) is 35.4 Å². The molecule has 2 aliphatic heterocycles. The number of fused-ring (bicyclic) bond motifs is 1. The van der Waals surface area contributed by atoms with E-state index in [4.69, 9.17) is 0 Å². The number of carbonyl (C=O) groups excluding carboxylic acids is 1. The Balaban J connectivity index is 1.54. The summed E-state index contributed by atoms with van der Waals surface area (Å²) in [4.78, 5) is 19.2. The van der Waals surface area contributed by atoms with Crippen LogP contribution in [0.5, 0.6) is 0 Å². The van der Waals surface area contributed by atoms with E-state index in [0.717, 1.165) is 37.0 Å². The number of sulfonamides is 1. The lowest BCUT2D eigenvalue weighted by molar-refractivity contribution is -0.135. The second kappa shape index (κ2) is 7.20. The summed E-state index contributed by atoms with van der Waals surface area (Å²) in [6.45, 7) is 4.41. The molecule has 6 nitrogen and oxygen atoms in total. The van der Waals surface area contributed by atoms with Crippen molar-refractivity contribution in [3.8, 4) is 0 Å². The van der Waals surface area contributed by atoms with Gasteiger partial charge in [-0.25, -0.2) is 8.42 Å². The van der Waals surface area contributed by atoms with Crippen LogP contribution in [-0.2, 0) is 14.8 Å². The topological polar surface area (TPSA) is 70.6 Å². The fraction of sp³-hybridized carbons (Fsp3) is 0.500. The zero-order valence-corrected chi connectivity index (χ0v) is 16.4. The van der Waals surface area contributed by atoms with E-state index in [9.17, 15) is 13.2 Å². The number of hydrogen-bond donors (Lipinski definition) is 0. The van der Waals surface area contributed by atoms with Gasteiger partial charge in [-0.15, -0.1) is 0 Å². The van der Waals surface area contributed by atoms with Gasteiger partial charge in [0.1, 0.15) is 0 Å². The van der Waals surface area contributed by atoms with E-state index in [1.807, 2.05) is 24.0 Å². The Morgan fingerprint density at radius 1 is 1.07 bits per heavy atom. The van der Waals surface area contributed by atoms with Gasteiger partial charge in [0, 0.05) is 43.7 Å². The number of aryl methyl sites for hydroxylation is 1. The zero-order valence-electron chi connectivity index (χ0n) is 15.6. The summed E-state index contributed by atoms with van der Waals surface area (Å²) in [7, 11) is -3.61. The summed E-state index contributed by atoms with van der Waals surface area (Å²) in [5.41, 5.74) is 1.68. The molecule has 0 N–H and O–H groups in total. The Labute approximate surface area is 160 Å². The number of nitrogens with zero attached hydrogens (tertiary/aromatic N) is 3. The molecule has 1 aromatic heterocycles. The molecule has 0 unspecified atom stereocenters.